The van der Waals surface area contributed by atoms with Crippen molar-refractivity contribution in [3.63, 3.8) is 0 Å². The lowest BCUT2D eigenvalue weighted by atomic mass is 10.1. The van der Waals surface area contributed by atoms with Crippen LogP contribution < -0.4 is 14.8 Å². The molecule has 5 heteroatoms. The summed E-state index contributed by atoms with van der Waals surface area (Å²) in [5.41, 5.74) is 2.15. The summed E-state index contributed by atoms with van der Waals surface area (Å²) in [5, 5.41) is 4.87. The molecule has 1 aliphatic rings. The van der Waals surface area contributed by atoms with Crippen LogP contribution in [0.1, 0.15) is 20.8 Å². The van der Waals surface area contributed by atoms with Gasteiger partial charge in [-0.15, -0.1) is 11.3 Å². The number of hydrogen-bond acceptors (Lipinski definition) is 4. The molecule has 0 saturated carbocycles. The molecule has 20 heavy (non-hydrogen) atoms. The van der Waals surface area contributed by atoms with Crippen LogP contribution in [0.25, 0.3) is 0 Å². The van der Waals surface area contributed by atoms with Crippen LogP contribution in [-0.2, 0) is 6.42 Å². The summed E-state index contributed by atoms with van der Waals surface area (Å²) in [4.78, 5) is 12.7. The van der Waals surface area contributed by atoms with Crippen molar-refractivity contribution in [1.29, 1.82) is 0 Å². The second-order valence-electron chi connectivity index (χ2n) is 4.63. The summed E-state index contributed by atoms with van der Waals surface area (Å²) in [6, 6.07) is 7.82. The molecular formula is C15H15NO3S. The number of fused-ring (bicyclic) bond motifs is 1. The van der Waals surface area contributed by atoms with Crippen molar-refractivity contribution in [1.82, 2.24) is 5.32 Å². The van der Waals surface area contributed by atoms with E-state index in [1.54, 1.807) is 0 Å². The number of amides is 1. The third kappa shape index (κ3) is 2.63. The van der Waals surface area contributed by atoms with Gasteiger partial charge in [0.25, 0.3) is 5.91 Å². The van der Waals surface area contributed by atoms with Crippen molar-refractivity contribution >= 4 is 17.2 Å². The number of aryl methyl sites for hydroxylation is 1. The van der Waals surface area contributed by atoms with E-state index in [4.69, 9.17) is 9.47 Å². The zero-order chi connectivity index (χ0) is 13.9. The largest absolute Gasteiger partial charge is 0.454 e. The van der Waals surface area contributed by atoms with Gasteiger partial charge in [-0.2, -0.15) is 0 Å². The van der Waals surface area contributed by atoms with Gasteiger partial charge in [-0.05, 0) is 48.1 Å². The van der Waals surface area contributed by atoms with E-state index in [0.29, 0.717) is 6.54 Å². The van der Waals surface area contributed by atoms with Crippen molar-refractivity contribution in [3.05, 3.63) is 45.6 Å². The van der Waals surface area contributed by atoms with Gasteiger partial charge in [-0.1, -0.05) is 6.07 Å². The fraction of sp³-hybridized carbons (Fsp3) is 0.267. The van der Waals surface area contributed by atoms with Crippen LogP contribution in [0, 0.1) is 6.92 Å². The fourth-order valence-corrected chi connectivity index (χ4v) is 2.94. The number of rotatable bonds is 4. The smallest absolute Gasteiger partial charge is 0.261 e. The number of carbonyl (C=O) groups excluding carboxylic acids is 1. The van der Waals surface area contributed by atoms with Gasteiger partial charge >= 0.3 is 0 Å². The molecular weight excluding hydrogens is 274 g/mol. The van der Waals surface area contributed by atoms with Crippen molar-refractivity contribution in [2.75, 3.05) is 13.3 Å². The van der Waals surface area contributed by atoms with E-state index in [9.17, 15) is 4.79 Å². The number of hydrogen-bond donors (Lipinski definition) is 1. The van der Waals surface area contributed by atoms with E-state index in [1.807, 2.05) is 36.6 Å². The van der Waals surface area contributed by atoms with Gasteiger partial charge in [0, 0.05) is 6.54 Å². The Balaban J connectivity index is 1.55. The zero-order valence-electron chi connectivity index (χ0n) is 11.1. The van der Waals surface area contributed by atoms with Gasteiger partial charge in [-0.3, -0.25) is 4.79 Å². The van der Waals surface area contributed by atoms with Gasteiger partial charge in [0.1, 0.15) is 0 Å². The summed E-state index contributed by atoms with van der Waals surface area (Å²) in [5.74, 6) is 1.56. The Morgan fingerprint density at radius 2 is 2.15 bits per heavy atom. The predicted molar refractivity (Wildman–Crippen MR) is 77.7 cm³/mol. The van der Waals surface area contributed by atoms with E-state index in [2.05, 4.69) is 5.32 Å². The molecule has 0 atom stereocenters. The fourth-order valence-electron chi connectivity index (χ4n) is 2.10. The molecule has 4 nitrogen and oxygen atoms in total. The Morgan fingerprint density at radius 3 is 2.95 bits per heavy atom. The molecule has 0 fully saturated rings. The Labute approximate surface area is 121 Å². The van der Waals surface area contributed by atoms with E-state index < -0.39 is 0 Å². The van der Waals surface area contributed by atoms with Gasteiger partial charge in [0.15, 0.2) is 11.5 Å². The Bertz CT molecular complexity index is 636. The van der Waals surface area contributed by atoms with E-state index >= 15 is 0 Å². The van der Waals surface area contributed by atoms with Crippen LogP contribution >= 0.6 is 11.3 Å². The summed E-state index contributed by atoms with van der Waals surface area (Å²) < 4.78 is 10.6. The average Bonchev–Trinajstić information content (AvgIpc) is 3.06. The monoisotopic (exact) mass is 289 g/mol. The van der Waals surface area contributed by atoms with Gasteiger partial charge < -0.3 is 14.8 Å². The Kier molecular flexibility index (Phi) is 3.60. The quantitative estimate of drug-likeness (QED) is 0.941. The van der Waals surface area contributed by atoms with Gasteiger partial charge in [0.05, 0.1) is 4.88 Å². The highest BCUT2D eigenvalue weighted by Crippen LogP contribution is 2.32. The molecule has 2 aromatic rings. The Morgan fingerprint density at radius 1 is 1.30 bits per heavy atom. The van der Waals surface area contributed by atoms with Crippen LogP contribution in [-0.4, -0.2) is 19.2 Å². The molecule has 0 bridgehead atoms. The summed E-state index contributed by atoms with van der Waals surface area (Å²) in [6.07, 6.45) is 0.771. The molecule has 1 aliphatic heterocycles. The summed E-state index contributed by atoms with van der Waals surface area (Å²) in [7, 11) is 0. The predicted octanol–water partition coefficient (Wildman–Crippen LogP) is 2.76. The first kappa shape index (κ1) is 13.0. The van der Waals surface area contributed by atoms with Crippen LogP contribution in [0.5, 0.6) is 11.5 Å². The first-order valence-electron chi connectivity index (χ1n) is 6.45. The van der Waals surface area contributed by atoms with Gasteiger partial charge in [-0.25, -0.2) is 0 Å². The molecule has 1 amide bonds. The lowest BCUT2D eigenvalue weighted by Crippen LogP contribution is -2.25. The molecule has 1 aromatic heterocycles. The second-order valence-corrected chi connectivity index (χ2v) is 5.54. The summed E-state index contributed by atoms with van der Waals surface area (Å²) in [6.45, 7) is 2.84. The number of thiophene rings is 1. The lowest BCUT2D eigenvalue weighted by Gasteiger charge is -2.05. The zero-order valence-corrected chi connectivity index (χ0v) is 12.0. The molecule has 3 rings (SSSR count). The van der Waals surface area contributed by atoms with E-state index in [-0.39, 0.29) is 12.7 Å². The molecule has 0 spiro atoms. The number of nitrogens with one attached hydrogen (secondary N) is 1. The normalized spacial score (nSPS) is 12.4. The number of benzene rings is 1. The van der Waals surface area contributed by atoms with E-state index in [1.165, 1.54) is 11.3 Å². The highest BCUT2D eigenvalue weighted by atomic mass is 32.1. The Hall–Kier alpha value is -2.01. The van der Waals surface area contributed by atoms with Crippen LogP contribution in [0.4, 0.5) is 0 Å². The topological polar surface area (TPSA) is 47.6 Å². The van der Waals surface area contributed by atoms with Gasteiger partial charge in [0.2, 0.25) is 6.79 Å². The molecule has 0 radical (unpaired) electrons. The third-order valence-corrected chi connectivity index (χ3v) is 4.22. The first-order chi connectivity index (χ1) is 9.74. The first-order valence-corrected chi connectivity index (χ1v) is 7.33. The molecule has 0 unspecified atom stereocenters. The van der Waals surface area contributed by atoms with Crippen molar-refractivity contribution in [2.24, 2.45) is 0 Å². The molecule has 2 heterocycles. The minimum Gasteiger partial charge on any atom is -0.454 e. The lowest BCUT2D eigenvalue weighted by molar-refractivity contribution is 0.0957. The van der Waals surface area contributed by atoms with Crippen LogP contribution in [0.15, 0.2) is 29.6 Å². The van der Waals surface area contributed by atoms with Crippen molar-refractivity contribution in [2.45, 2.75) is 13.3 Å². The maximum atomic E-state index is 12.0. The second kappa shape index (κ2) is 5.54. The van der Waals surface area contributed by atoms with E-state index in [0.717, 1.165) is 33.9 Å². The minimum atomic E-state index is -0.00163. The number of carbonyl (C=O) groups is 1. The van der Waals surface area contributed by atoms with Crippen LogP contribution in [0.2, 0.25) is 0 Å². The average molecular weight is 289 g/mol. The SMILES string of the molecule is Cc1ccsc1C(=O)NCCc1ccc2c(c1)OCO2. The molecule has 1 aromatic carbocycles. The maximum absolute atomic E-state index is 12.0. The maximum Gasteiger partial charge on any atom is 0.261 e. The van der Waals surface area contributed by atoms with Crippen LogP contribution in [0.3, 0.4) is 0 Å². The standard InChI is InChI=1S/C15H15NO3S/c1-10-5-7-20-14(10)15(17)16-6-4-11-2-3-12-13(8-11)19-9-18-12/h2-3,5,7-8H,4,6,9H2,1H3,(H,16,17). The summed E-state index contributed by atoms with van der Waals surface area (Å²) >= 11 is 1.47. The molecule has 0 aliphatic carbocycles. The molecule has 1 N–H and O–H groups in total. The molecule has 0 saturated heterocycles. The molecule has 104 valence electrons. The van der Waals surface area contributed by atoms with Crippen molar-refractivity contribution < 1.29 is 14.3 Å². The number of ether oxygens (including phenoxy) is 2. The third-order valence-electron chi connectivity index (χ3n) is 3.20. The highest BCUT2D eigenvalue weighted by molar-refractivity contribution is 7.12. The van der Waals surface area contributed by atoms with Crippen molar-refractivity contribution in [3.8, 4) is 11.5 Å². The highest BCUT2D eigenvalue weighted by Gasteiger charge is 2.13. The minimum absolute atomic E-state index is 0.00163.